The molecule has 0 N–H and O–H groups in total. The van der Waals surface area contributed by atoms with Gasteiger partial charge < -0.3 is 4.74 Å². The first kappa shape index (κ1) is 9.56. The van der Waals surface area contributed by atoms with Gasteiger partial charge in [-0.1, -0.05) is 19.3 Å². The van der Waals surface area contributed by atoms with Crippen molar-refractivity contribution >= 4 is 5.90 Å². The van der Waals surface area contributed by atoms with Gasteiger partial charge >= 0.3 is 0 Å². The smallest absolute Gasteiger partial charge is 0.180 e. The molecule has 70 valence electrons. The van der Waals surface area contributed by atoms with Crippen molar-refractivity contribution in [1.29, 1.82) is 0 Å². The highest BCUT2D eigenvalue weighted by molar-refractivity contribution is 5.73. The van der Waals surface area contributed by atoms with Crippen molar-refractivity contribution in [2.24, 2.45) is 4.99 Å². The molecule has 12 heavy (non-hydrogen) atoms. The molecule has 0 aliphatic heterocycles. The van der Waals surface area contributed by atoms with Gasteiger partial charge in [-0.3, -0.25) is 4.99 Å². The van der Waals surface area contributed by atoms with E-state index in [-0.39, 0.29) is 0 Å². The summed E-state index contributed by atoms with van der Waals surface area (Å²) < 4.78 is 5.29. The zero-order valence-corrected chi connectivity index (χ0v) is 8.18. The van der Waals surface area contributed by atoms with Gasteiger partial charge in [-0.15, -0.1) is 0 Å². The average Bonchev–Trinajstić information content (AvgIpc) is 2.06. The predicted molar refractivity (Wildman–Crippen MR) is 51.6 cm³/mol. The number of hydrogen-bond donors (Lipinski definition) is 0. The van der Waals surface area contributed by atoms with E-state index in [1.807, 2.05) is 13.8 Å². The van der Waals surface area contributed by atoms with Gasteiger partial charge in [-0.2, -0.15) is 0 Å². The Hall–Kier alpha value is -0.530. The van der Waals surface area contributed by atoms with Gasteiger partial charge in [0.1, 0.15) is 0 Å². The van der Waals surface area contributed by atoms with Crippen molar-refractivity contribution in [2.45, 2.75) is 52.0 Å². The summed E-state index contributed by atoms with van der Waals surface area (Å²) in [5, 5.41) is 0. The molecular weight excluding hydrogens is 150 g/mol. The van der Waals surface area contributed by atoms with Crippen LogP contribution in [0.1, 0.15) is 46.0 Å². The van der Waals surface area contributed by atoms with E-state index in [9.17, 15) is 0 Å². The van der Waals surface area contributed by atoms with Crippen LogP contribution in [-0.4, -0.2) is 18.5 Å². The molecule has 0 atom stereocenters. The number of rotatable bonds is 2. The summed E-state index contributed by atoms with van der Waals surface area (Å²) in [7, 11) is 0. The molecule has 2 nitrogen and oxygen atoms in total. The molecule has 1 fully saturated rings. The summed E-state index contributed by atoms with van der Waals surface area (Å²) in [6, 6.07) is 0.547. The number of hydrogen-bond acceptors (Lipinski definition) is 2. The van der Waals surface area contributed by atoms with Crippen LogP contribution in [0, 0.1) is 0 Å². The minimum absolute atomic E-state index is 0.547. The molecular formula is C10H19NO. The molecule has 0 saturated heterocycles. The van der Waals surface area contributed by atoms with Crippen LogP contribution in [-0.2, 0) is 4.74 Å². The highest BCUT2D eigenvalue weighted by Gasteiger charge is 2.11. The van der Waals surface area contributed by atoms with E-state index in [1.54, 1.807) is 0 Å². The Kier molecular flexibility index (Phi) is 4.12. The Labute approximate surface area is 75.0 Å². The molecule has 0 heterocycles. The van der Waals surface area contributed by atoms with Crippen molar-refractivity contribution < 1.29 is 4.74 Å². The van der Waals surface area contributed by atoms with Crippen LogP contribution in [0.3, 0.4) is 0 Å². The summed E-state index contributed by atoms with van der Waals surface area (Å²) in [6.07, 6.45) is 6.58. The Morgan fingerprint density at radius 2 is 2.00 bits per heavy atom. The first-order chi connectivity index (χ1) is 5.83. The van der Waals surface area contributed by atoms with Crippen LogP contribution >= 0.6 is 0 Å². The molecule has 0 aromatic rings. The Morgan fingerprint density at radius 3 is 2.58 bits per heavy atom. The van der Waals surface area contributed by atoms with Crippen molar-refractivity contribution in [2.75, 3.05) is 6.61 Å². The van der Waals surface area contributed by atoms with E-state index in [0.717, 1.165) is 12.5 Å². The topological polar surface area (TPSA) is 21.6 Å². The van der Waals surface area contributed by atoms with Crippen LogP contribution in [0.5, 0.6) is 0 Å². The molecule has 0 spiro atoms. The lowest BCUT2D eigenvalue weighted by atomic mass is 9.96. The van der Waals surface area contributed by atoms with Gasteiger partial charge in [0.05, 0.1) is 12.6 Å². The molecule has 0 aromatic carbocycles. The van der Waals surface area contributed by atoms with Crippen LogP contribution in [0.15, 0.2) is 4.99 Å². The molecule has 2 heteroatoms. The highest BCUT2D eigenvalue weighted by Crippen LogP contribution is 2.20. The van der Waals surface area contributed by atoms with Gasteiger partial charge in [-0.05, 0) is 19.8 Å². The molecule has 0 amide bonds. The second-order valence-corrected chi connectivity index (χ2v) is 3.37. The first-order valence-electron chi connectivity index (χ1n) is 5.00. The summed E-state index contributed by atoms with van der Waals surface area (Å²) in [6.45, 7) is 4.69. The maximum Gasteiger partial charge on any atom is 0.180 e. The Morgan fingerprint density at radius 1 is 1.33 bits per heavy atom. The van der Waals surface area contributed by atoms with Crippen LogP contribution in [0.4, 0.5) is 0 Å². The lowest BCUT2D eigenvalue weighted by molar-refractivity contribution is 0.316. The van der Waals surface area contributed by atoms with Crippen molar-refractivity contribution in [1.82, 2.24) is 0 Å². The molecule has 0 unspecified atom stereocenters. The average molecular weight is 169 g/mol. The molecule has 1 rings (SSSR count). The van der Waals surface area contributed by atoms with Gasteiger partial charge in [0.2, 0.25) is 0 Å². The minimum atomic E-state index is 0.547. The first-order valence-corrected chi connectivity index (χ1v) is 5.00. The molecule has 1 aliphatic rings. The molecule has 0 radical (unpaired) electrons. The monoisotopic (exact) mass is 169 g/mol. The van der Waals surface area contributed by atoms with Gasteiger partial charge in [0, 0.05) is 6.92 Å². The fourth-order valence-corrected chi connectivity index (χ4v) is 1.71. The quantitative estimate of drug-likeness (QED) is 0.460. The standard InChI is InChI=1S/C10H19NO/c1-3-12-9(2)11-10-7-5-4-6-8-10/h10H,3-8H2,1-2H3. The van der Waals surface area contributed by atoms with E-state index in [1.165, 1.54) is 32.1 Å². The lowest BCUT2D eigenvalue weighted by Crippen LogP contribution is -2.13. The van der Waals surface area contributed by atoms with Gasteiger partial charge in [0.15, 0.2) is 5.90 Å². The lowest BCUT2D eigenvalue weighted by Gasteiger charge is -2.18. The number of ether oxygens (including phenoxy) is 1. The van der Waals surface area contributed by atoms with Crippen molar-refractivity contribution in [3.63, 3.8) is 0 Å². The van der Waals surface area contributed by atoms with E-state index < -0.39 is 0 Å². The molecule has 1 aliphatic carbocycles. The van der Waals surface area contributed by atoms with E-state index >= 15 is 0 Å². The predicted octanol–water partition coefficient (Wildman–Crippen LogP) is 2.77. The third kappa shape index (κ3) is 3.24. The van der Waals surface area contributed by atoms with E-state index in [2.05, 4.69) is 4.99 Å². The Balaban J connectivity index is 2.31. The SMILES string of the molecule is CCOC(C)=NC1CCCCC1. The number of aliphatic imine (C=N–C) groups is 1. The van der Waals surface area contributed by atoms with Gasteiger partial charge in [-0.25, -0.2) is 0 Å². The second-order valence-electron chi connectivity index (χ2n) is 3.37. The van der Waals surface area contributed by atoms with Crippen molar-refractivity contribution in [3.05, 3.63) is 0 Å². The highest BCUT2D eigenvalue weighted by atomic mass is 16.5. The molecule has 1 saturated carbocycles. The minimum Gasteiger partial charge on any atom is -0.481 e. The Bertz CT molecular complexity index is 148. The van der Waals surface area contributed by atoms with Crippen LogP contribution in [0.2, 0.25) is 0 Å². The third-order valence-electron chi connectivity index (χ3n) is 2.29. The van der Waals surface area contributed by atoms with Crippen molar-refractivity contribution in [3.8, 4) is 0 Å². The molecule has 0 aromatic heterocycles. The van der Waals surface area contributed by atoms with Crippen LogP contribution < -0.4 is 0 Å². The summed E-state index contributed by atoms with van der Waals surface area (Å²) in [5.41, 5.74) is 0. The maximum atomic E-state index is 5.29. The third-order valence-corrected chi connectivity index (χ3v) is 2.29. The second kappa shape index (κ2) is 5.18. The zero-order valence-electron chi connectivity index (χ0n) is 8.18. The normalized spacial score (nSPS) is 21.0. The van der Waals surface area contributed by atoms with E-state index in [0.29, 0.717) is 6.04 Å². The van der Waals surface area contributed by atoms with Gasteiger partial charge in [0.25, 0.3) is 0 Å². The fourth-order valence-electron chi connectivity index (χ4n) is 1.71. The summed E-state index contributed by atoms with van der Waals surface area (Å²) >= 11 is 0. The largest absolute Gasteiger partial charge is 0.481 e. The summed E-state index contributed by atoms with van der Waals surface area (Å²) in [5.74, 6) is 0.865. The summed E-state index contributed by atoms with van der Waals surface area (Å²) in [4.78, 5) is 4.52. The zero-order chi connectivity index (χ0) is 8.81. The maximum absolute atomic E-state index is 5.29. The van der Waals surface area contributed by atoms with E-state index in [4.69, 9.17) is 4.74 Å². The van der Waals surface area contributed by atoms with Crippen LogP contribution in [0.25, 0.3) is 0 Å². The fraction of sp³-hybridized carbons (Fsp3) is 0.900. The number of nitrogens with zero attached hydrogens (tertiary/aromatic N) is 1. The molecule has 0 bridgehead atoms.